The van der Waals surface area contributed by atoms with Crippen molar-refractivity contribution in [1.82, 2.24) is 10.0 Å². The van der Waals surface area contributed by atoms with Crippen molar-refractivity contribution in [2.45, 2.75) is 49.5 Å². The molecule has 0 bridgehead atoms. The molecule has 1 heterocycles. The first-order valence-corrected chi connectivity index (χ1v) is 7.54. The molecule has 3 N–H and O–H groups in total. The third kappa shape index (κ3) is 2.74. The molecule has 0 spiro atoms. The smallest absolute Gasteiger partial charge is 0.216 e. The topological polar surface area (TPSA) is 78.4 Å². The number of aliphatic hydroxyl groups is 1. The summed E-state index contributed by atoms with van der Waals surface area (Å²) in [6, 6.07) is -0.278. The lowest BCUT2D eigenvalue weighted by Gasteiger charge is -2.29. The summed E-state index contributed by atoms with van der Waals surface area (Å²) < 4.78 is 26.6. The molecular formula is C10H20N2O3S. The van der Waals surface area contributed by atoms with E-state index in [2.05, 4.69) is 10.0 Å². The second-order valence-electron chi connectivity index (χ2n) is 4.74. The molecule has 94 valence electrons. The maximum absolute atomic E-state index is 12.0. The van der Waals surface area contributed by atoms with E-state index in [0.29, 0.717) is 19.4 Å². The predicted octanol–water partition coefficient (Wildman–Crippen LogP) is -0.429. The summed E-state index contributed by atoms with van der Waals surface area (Å²) in [6.07, 6.45) is 3.59. The van der Waals surface area contributed by atoms with Gasteiger partial charge in [-0.15, -0.1) is 0 Å². The van der Waals surface area contributed by atoms with Crippen LogP contribution in [0.1, 0.15) is 32.1 Å². The molecule has 3 unspecified atom stereocenters. The van der Waals surface area contributed by atoms with Crippen molar-refractivity contribution in [2.75, 3.05) is 13.1 Å². The second kappa shape index (κ2) is 5.00. The highest BCUT2D eigenvalue weighted by Gasteiger charge is 2.33. The fraction of sp³-hybridized carbons (Fsp3) is 1.00. The van der Waals surface area contributed by atoms with E-state index in [-0.39, 0.29) is 11.3 Å². The monoisotopic (exact) mass is 248 g/mol. The average molecular weight is 248 g/mol. The molecule has 5 nitrogen and oxygen atoms in total. The molecule has 0 aromatic rings. The summed E-state index contributed by atoms with van der Waals surface area (Å²) in [5.41, 5.74) is 0. The van der Waals surface area contributed by atoms with Crippen LogP contribution in [-0.2, 0) is 10.0 Å². The molecule has 16 heavy (non-hydrogen) atoms. The predicted molar refractivity (Wildman–Crippen MR) is 61.6 cm³/mol. The van der Waals surface area contributed by atoms with Gasteiger partial charge in [0.05, 0.1) is 11.4 Å². The number of sulfonamides is 1. The molecule has 0 aromatic heterocycles. The van der Waals surface area contributed by atoms with E-state index in [0.717, 1.165) is 25.8 Å². The van der Waals surface area contributed by atoms with Crippen LogP contribution in [0.25, 0.3) is 0 Å². The van der Waals surface area contributed by atoms with Gasteiger partial charge in [-0.1, -0.05) is 12.8 Å². The SMILES string of the molecule is O=S(=O)(NC1CCCCC1O)C1CCNC1. The molecule has 1 saturated carbocycles. The van der Waals surface area contributed by atoms with Crippen LogP contribution in [0, 0.1) is 0 Å². The van der Waals surface area contributed by atoms with Crippen molar-refractivity contribution < 1.29 is 13.5 Å². The summed E-state index contributed by atoms with van der Waals surface area (Å²) in [4.78, 5) is 0. The Balaban J connectivity index is 1.96. The maximum Gasteiger partial charge on any atom is 0.216 e. The van der Waals surface area contributed by atoms with Gasteiger partial charge in [-0.05, 0) is 25.8 Å². The van der Waals surface area contributed by atoms with Crippen molar-refractivity contribution >= 4 is 10.0 Å². The third-order valence-corrected chi connectivity index (χ3v) is 5.41. The van der Waals surface area contributed by atoms with Crippen LogP contribution >= 0.6 is 0 Å². The number of nitrogens with one attached hydrogen (secondary N) is 2. The van der Waals surface area contributed by atoms with E-state index in [4.69, 9.17) is 0 Å². The summed E-state index contributed by atoms with van der Waals surface area (Å²) in [5, 5.41) is 12.4. The minimum Gasteiger partial charge on any atom is -0.391 e. The van der Waals surface area contributed by atoms with Crippen LogP contribution in [0.5, 0.6) is 0 Å². The summed E-state index contributed by atoms with van der Waals surface area (Å²) >= 11 is 0. The van der Waals surface area contributed by atoms with Crippen LogP contribution in [0.15, 0.2) is 0 Å². The molecule has 2 aliphatic rings. The Bertz CT molecular complexity index is 325. The normalized spacial score (nSPS) is 36.4. The van der Waals surface area contributed by atoms with E-state index in [9.17, 15) is 13.5 Å². The van der Waals surface area contributed by atoms with E-state index in [1.807, 2.05) is 0 Å². The molecule has 2 fully saturated rings. The Morgan fingerprint density at radius 3 is 2.56 bits per heavy atom. The molecule has 0 aromatic carbocycles. The lowest BCUT2D eigenvalue weighted by molar-refractivity contribution is 0.101. The molecule has 1 aliphatic carbocycles. The summed E-state index contributed by atoms with van der Waals surface area (Å²) in [7, 11) is -3.27. The minimum absolute atomic E-state index is 0.278. The third-order valence-electron chi connectivity index (χ3n) is 3.50. The van der Waals surface area contributed by atoms with E-state index < -0.39 is 16.1 Å². The fourth-order valence-electron chi connectivity index (χ4n) is 2.45. The van der Waals surface area contributed by atoms with E-state index >= 15 is 0 Å². The van der Waals surface area contributed by atoms with Crippen LogP contribution in [0.3, 0.4) is 0 Å². The quantitative estimate of drug-likeness (QED) is 0.633. The highest BCUT2D eigenvalue weighted by Crippen LogP contribution is 2.20. The fourth-order valence-corrected chi connectivity index (χ4v) is 4.10. The molecule has 2 rings (SSSR count). The van der Waals surface area contributed by atoms with Crippen LogP contribution in [0.2, 0.25) is 0 Å². The Hall–Kier alpha value is -0.170. The zero-order valence-electron chi connectivity index (χ0n) is 9.35. The maximum atomic E-state index is 12.0. The van der Waals surface area contributed by atoms with Gasteiger partial charge in [0, 0.05) is 12.6 Å². The largest absolute Gasteiger partial charge is 0.391 e. The van der Waals surface area contributed by atoms with Crippen molar-refractivity contribution in [3.05, 3.63) is 0 Å². The minimum atomic E-state index is -3.27. The molecule has 0 amide bonds. The zero-order valence-corrected chi connectivity index (χ0v) is 10.2. The number of rotatable bonds is 3. The van der Waals surface area contributed by atoms with Gasteiger partial charge in [0.1, 0.15) is 0 Å². The zero-order chi connectivity index (χ0) is 11.6. The molecule has 1 aliphatic heterocycles. The summed E-state index contributed by atoms with van der Waals surface area (Å²) in [5.74, 6) is 0. The van der Waals surface area contributed by atoms with Crippen LogP contribution < -0.4 is 10.0 Å². The molecule has 3 atom stereocenters. The number of aliphatic hydroxyl groups excluding tert-OH is 1. The highest BCUT2D eigenvalue weighted by molar-refractivity contribution is 7.90. The first kappa shape index (κ1) is 12.3. The van der Waals surface area contributed by atoms with Gasteiger partial charge in [-0.25, -0.2) is 13.1 Å². The lowest BCUT2D eigenvalue weighted by Crippen LogP contribution is -2.48. The highest BCUT2D eigenvalue weighted by atomic mass is 32.2. The van der Waals surface area contributed by atoms with Crippen molar-refractivity contribution in [2.24, 2.45) is 0 Å². The van der Waals surface area contributed by atoms with Crippen molar-refractivity contribution in [1.29, 1.82) is 0 Å². The number of hydrogen-bond acceptors (Lipinski definition) is 4. The Kier molecular flexibility index (Phi) is 3.84. The van der Waals surface area contributed by atoms with Crippen LogP contribution in [0.4, 0.5) is 0 Å². The standard InChI is InChI=1S/C10H20N2O3S/c13-10-4-2-1-3-9(10)12-16(14,15)8-5-6-11-7-8/h8-13H,1-7H2. The Labute approximate surface area is 96.7 Å². The number of hydrogen-bond donors (Lipinski definition) is 3. The van der Waals surface area contributed by atoms with Gasteiger partial charge in [0.15, 0.2) is 0 Å². The van der Waals surface area contributed by atoms with Crippen LogP contribution in [-0.4, -0.2) is 44.0 Å². The first-order valence-electron chi connectivity index (χ1n) is 5.99. The van der Waals surface area contributed by atoms with E-state index in [1.54, 1.807) is 0 Å². The molecule has 1 saturated heterocycles. The first-order chi connectivity index (χ1) is 7.59. The van der Waals surface area contributed by atoms with Gasteiger partial charge >= 0.3 is 0 Å². The van der Waals surface area contributed by atoms with Gasteiger partial charge in [0.2, 0.25) is 10.0 Å². The van der Waals surface area contributed by atoms with E-state index in [1.165, 1.54) is 0 Å². The van der Waals surface area contributed by atoms with Gasteiger partial charge in [-0.3, -0.25) is 0 Å². The van der Waals surface area contributed by atoms with Crippen molar-refractivity contribution in [3.63, 3.8) is 0 Å². The molecule has 0 radical (unpaired) electrons. The van der Waals surface area contributed by atoms with Crippen molar-refractivity contribution in [3.8, 4) is 0 Å². The van der Waals surface area contributed by atoms with Gasteiger partial charge in [-0.2, -0.15) is 0 Å². The second-order valence-corrected chi connectivity index (χ2v) is 6.73. The lowest BCUT2D eigenvalue weighted by atomic mass is 9.93. The molecular weight excluding hydrogens is 228 g/mol. The summed E-state index contributed by atoms with van der Waals surface area (Å²) in [6.45, 7) is 1.29. The average Bonchev–Trinajstić information content (AvgIpc) is 2.75. The van der Waals surface area contributed by atoms with Gasteiger partial charge < -0.3 is 10.4 Å². The Morgan fingerprint density at radius 2 is 1.94 bits per heavy atom. The molecule has 6 heteroatoms. The Morgan fingerprint density at radius 1 is 1.19 bits per heavy atom. The van der Waals surface area contributed by atoms with Gasteiger partial charge in [0.25, 0.3) is 0 Å².